The van der Waals surface area contributed by atoms with Gasteiger partial charge in [-0.1, -0.05) is 0 Å². The molecule has 4 heteroatoms. The topological polar surface area (TPSA) is 61.4 Å². The van der Waals surface area contributed by atoms with Crippen LogP contribution in [0.2, 0.25) is 0 Å². The Morgan fingerprint density at radius 1 is 1.17 bits per heavy atom. The zero-order valence-corrected chi connectivity index (χ0v) is 6.92. The first kappa shape index (κ1) is 8.01. The van der Waals surface area contributed by atoms with Crippen molar-refractivity contribution in [3.8, 4) is 0 Å². The summed E-state index contributed by atoms with van der Waals surface area (Å²) in [4.78, 5) is 10.8. The lowest BCUT2D eigenvalue weighted by Crippen LogP contribution is -2.49. The fourth-order valence-electron chi connectivity index (χ4n) is 2.08. The third-order valence-corrected chi connectivity index (χ3v) is 3.00. The average molecular weight is 170 g/mol. The third-order valence-electron chi connectivity index (χ3n) is 3.00. The van der Waals surface area contributed by atoms with E-state index in [0.29, 0.717) is 18.4 Å². The van der Waals surface area contributed by atoms with Crippen molar-refractivity contribution >= 4 is 5.97 Å². The van der Waals surface area contributed by atoms with Gasteiger partial charge in [0.15, 0.2) is 0 Å². The molecule has 2 atom stereocenters. The number of nitrogens with one attached hydrogen (secondary N) is 2. The summed E-state index contributed by atoms with van der Waals surface area (Å²) >= 11 is 0. The molecule has 0 saturated carbocycles. The number of hydrogen-bond donors (Lipinski definition) is 3. The van der Waals surface area contributed by atoms with E-state index in [1.807, 2.05) is 0 Å². The zero-order valence-electron chi connectivity index (χ0n) is 6.92. The third kappa shape index (κ3) is 1.21. The Morgan fingerprint density at radius 2 is 1.83 bits per heavy atom. The van der Waals surface area contributed by atoms with Crippen molar-refractivity contribution in [2.45, 2.75) is 0 Å². The van der Waals surface area contributed by atoms with Crippen molar-refractivity contribution in [2.24, 2.45) is 17.8 Å². The van der Waals surface area contributed by atoms with Crippen LogP contribution >= 0.6 is 0 Å². The van der Waals surface area contributed by atoms with E-state index in [9.17, 15) is 4.79 Å². The summed E-state index contributed by atoms with van der Waals surface area (Å²) in [5.74, 6) is 0.138. The van der Waals surface area contributed by atoms with E-state index < -0.39 is 5.97 Å². The van der Waals surface area contributed by atoms with E-state index in [-0.39, 0.29) is 5.92 Å². The van der Waals surface area contributed by atoms with Gasteiger partial charge in [-0.05, 0) is 31.5 Å². The molecule has 0 aromatic heterocycles. The van der Waals surface area contributed by atoms with Crippen molar-refractivity contribution in [1.29, 1.82) is 0 Å². The van der Waals surface area contributed by atoms with Gasteiger partial charge in [-0.3, -0.25) is 4.79 Å². The van der Waals surface area contributed by atoms with E-state index in [0.717, 1.165) is 19.6 Å². The Labute approximate surface area is 71.3 Å². The molecule has 4 nitrogen and oxygen atoms in total. The zero-order chi connectivity index (χ0) is 8.55. The molecule has 0 unspecified atom stereocenters. The molecule has 0 bridgehead atoms. The Morgan fingerprint density at radius 3 is 2.33 bits per heavy atom. The van der Waals surface area contributed by atoms with E-state index in [1.165, 1.54) is 0 Å². The smallest absolute Gasteiger partial charge is 0.308 e. The van der Waals surface area contributed by atoms with E-state index in [1.54, 1.807) is 0 Å². The number of aliphatic carboxylic acids is 1. The van der Waals surface area contributed by atoms with Gasteiger partial charge < -0.3 is 15.7 Å². The minimum atomic E-state index is -0.642. The standard InChI is InChI=1S/C8H14N2O2/c11-8(12)7-4-10-3-6(7)5-1-9-2-5/h5-7,9-10H,1-4H2,(H,11,12)/t6-,7+/m0/s1. The largest absolute Gasteiger partial charge is 0.481 e. The lowest BCUT2D eigenvalue weighted by molar-refractivity contribution is -0.143. The minimum Gasteiger partial charge on any atom is -0.481 e. The van der Waals surface area contributed by atoms with Crippen LogP contribution in [0.4, 0.5) is 0 Å². The second-order valence-electron chi connectivity index (χ2n) is 3.69. The first-order valence-corrected chi connectivity index (χ1v) is 4.43. The molecular weight excluding hydrogens is 156 g/mol. The highest BCUT2D eigenvalue weighted by molar-refractivity contribution is 5.71. The van der Waals surface area contributed by atoms with Gasteiger partial charge in [0.2, 0.25) is 0 Å². The molecular formula is C8H14N2O2. The van der Waals surface area contributed by atoms with Gasteiger partial charge in [-0.25, -0.2) is 0 Å². The van der Waals surface area contributed by atoms with Gasteiger partial charge in [-0.2, -0.15) is 0 Å². The lowest BCUT2D eigenvalue weighted by atomic mass is 9.80. The van der Waals surface area contributed by atoms with Crippen molar-refractivity contribution in [1.82, 2.24) is 10.6 Å². The van der Waals surface area contributed by atoms with Gasteiger partial charge in [0.1, 0.15) is 0 Å². The maximum atomic E-state index is 10.8. The van der Waals surface area contributed by atoms with Crippen molar-refractivity contribution in [3.63, 3.8) is 0 Å². The molecule has 3 N–H and O–H groups in total. The predicted octanol–water partition coefficient (Wildman–Crippen LogP) is -0.874. The van der Waals surface area contributed by atoms with Crippen LogP contribution in [0.1, 0.15) is 0 Å². The van der Waals surface area contributed by atoms with Crippen LogP contribution in [0.15, 0.2) is 0 Å². The Bertz CT molecular complexity index is 191. The number of hydrogen-bond acceptors (Lipinski definition) is 3. The summed E-state index contributed by atoms with van der Waals surface area (Å²) in [7, 11) is 0. The van der Waals surface area contributed by atoms with Crippen LogP contribution in [-0.4, -0.2) is 37.3 Å². The summed E-state index contributed by atoms with van der Waals surface area (Å²) in [6.07, 6.45) is 0. The molecule has 12 heavy (non-hydrogen) atoms. The van der Waals surface area contributed by atoms with Crippen LogP contribution in [0, 0.1) is 17.8 Å². The first-order valence-electron chi connectivity index (χ1n) is 4.43. The monoisotopic (exact) mass is 170 g/mol. The summed E-state index contributed by atoms with van der Waals surface area (Å²) in [5.41, 5.74) is 0. The molecule has 0 radical (unpaired) electrons. The quantitative estimate of drug-likeness (QED) is 0.504. The summed E-state index contributed by atoms with van der Waals surface area (Å²) in [6, 6.07) is 0. The fourth-order valence-corrected chi connectivity index (χ4v) is 2.08. The molecule has 2 aliphatic rings. The summed E-state index contributed by atoms with van der Waals surface area (Å²) in [6.45, 7) is 3.52. The first-order chi connectivity index (χ1) is 5.79. The Kier molecular flexibility index (Phi) is 2.02. The van der Waals surface area contributed by atoms with Crippen LogP contribution in [-0.2, 0) is 4.79 Å². The second kappa shape index (κ2) is 3.03. The van der Waals surface area contributed by atoms with Crippen LogP contribution in [0.5, 0.6) is 0 Å². The summed E-state index contributed by atoms with van der Waals surface area (Å²) in [5, 5.41) is 15.2. The van der Waals surface area contributed by atoms with Gasteiger partial charge >= 0.3 is 5.97 Å². The van der Waals surface area contributed by atoms with Crippen LogP contribution < -0.4 is 10.6 Å². The number of carboxylic acids is 1. The average Bonchev–Trinajstić information content (AvgIpc) is 2.31. The second-order valence-corrected chi connectivity index (χ2v) is 3.69. The van der Waals surface area contributed by atoms with Gasteiger partial charge in [-0.15, -0.1) is 0 Å². The molecule has 2 rings (SSSR count). The molecule has 2 aliphatic heterocycles. The highest BCUT2D eigenvalue weighted by Gasteiger charge is 2.39. The Balaban J connectivity index is 1.98. The highest BCUT2D eigenvalue weighted by Crippen LogP contribution is 2.27. The molecule has 0 spiro atoms. The Hall–Kier alpha value is -0.610. The van der Waals surface area contributed by atoms with Crippen molar-refractivity contribution in [2.75, 3.05) is 26.2 Å². The van der Waals surface area contributed by atoms with E-state index in [2.05, 4.69) is 10.6 Å². The van der Waals surface area contributed by atoms with Gasteiger partial charge in [0, 0.05) is 6.54 Å². The van der Waals surface area contributed by atoms with Gasteiger partial charge in [0.25, 0.3) is 0 Å². The van der Waals surface area contributed by atoms with Crippen LogP contribution in [0.3, 0.4) is 0 Å². The summed E-state index contributed by atoms with van der Waals surface area (Å²) < 4.78 is 0. The maximum Gasteiger partial charge on any atom is 0.308 e. The highest BCUT2D eigenvalue weighted by atomic mass is 16.4. The molecule has 2 heterocycles. The van der Waals surface area contributed by atoms with Crippen LogP contribution in [0.25, 0.3) is 0 Å². The fraction of sp³-hybridized carbons (Fsp3) is 0.875. The molecule has 0 amide bonds. The molecule has 68 valence electrons. The van der Waals surface area contributed by atoms with E-state index >= 15 is 0 Å². The molecule has 2 fully saturated rings. The number of carboxylic acid groups (broad SMARTS) is 1. The molecule has 0 aliphatic carbocycles. The number of carbonyl (C=O) groups is 1. The SMILES string of the molecule is O=C(O)[C@@H]1CNC[C@H]1C1CNC1. The number of rotatable bonds is 2. The van der Waals surface area contributed by atoms with Gasteiger partial charge in [0.05, 0.1) is 5.92 Å². The molecule has 2 saturated heterocycles. The molecule has 0 aromatic carbocycles. The lowest BCUT2D eigenvalue weighted by Gasteiger charge is -2.34. The van der Waals surface area contributed by atoms with E-state index in [4.69, 9.17) is 5.11 Å². The van der Waals surface area contributed by atoms with Crippen molar-refractivity contribution in [3.05, 3.63) is 0 Å². The maximum absolute atomic E-state index is 10.8. The normalized spacial score (nSPS) is 36.3. The minimum absolute atomic E-state index is 0.155. The predicted molar refractivity (Wildman–Crippen MR) is 43.8 cm³/mol. The molecule has 0 aromatic rings. The van der Waals surface area contributed by atoms with Crippen molar-refractivity contribution < 1.29 is 9.90 Å².